The number of esters is 1. The van der Waals surface area contributed by atoms with Gasteiger partial charge in [-0.1, -0.05) is 19.1 Å². The number of rotatable bonds is 6. The fourth-order valence-corrected chi connectivity index (χ4v) is 0.670. The monoisotopic (exact) mass is 435 g/mol. The van der Waals surface area contributed by atoms with Gasteiger partial charge in [0, 0.05) is 6.42 Å². The van der Waals surface area contributed by atoms with Crippen LogP contribution in [0.15, 0.2) is 12.7 Å². The van der Waals surface area contributed by atoms with Gasteiger partial charge in [-0.3, -0.25) is 4.79 Å². The molecule has 0 rings (SSSR count). The van der Waals surface area contributed by atoms with Crippen molar-refractivity contribution in [2.45, 2.75) is 25.7 Å². The summed E-state index contributed by atoms with van der Waals surface area (Å²) >= 11 is 3.62. The molecule has 0 atom stereocenters. The molecule has 0 aliphatic carbocycles. The minimum atomic E-state index is -0.140. The van der Waals surface area contributed by atoms with Crippen LogP contribution in [0.2, 0.25) is 0 Å². The molecule has 16 heavy (non-hydrogen) atoms. The average Bonchev–Trinajstić information content (AvgIpc) is 2.32. The maximum atomic E-state index is 10.8. The normalized spacial score (nSPS) is 6.88. The minimum absolute atomic E-state index is 0. The van der Waals surface area contributed by atoms with Gasteiger partial charge < -0.3 is 23.5 Å². The SMILES string of the molecule is C=CCOC(=O)CCCC[CH2-].[C-]#N.[Cu+].[Zn+][I]. The van der Waals surface area contributed by atoms with E-state index in [4.69, 9.17) is 16.6 Å². The molecule has 0 spiro atoms. The Balaban J connectivity index is -0.000000129. The van der Waals surface area contributed by atoms with Crippen LogP contribution >= 0.6 is 19.8 Å². The molecule has 0 saturated carbocycles. The number of hydrogen-bond acceptors (Lipinski definition) is 3. The van der Waals surface area contributed by atoms with Gasteiger partial charge in [-0.05, 0) is 6.42 Å². The third-order valence-electron chi connectivity index (χ3n) is 1.24. The first-order valence-corrected chi connectivity index (χ1v) is 13.4. The summed E-state index contributed by atoms with van der Waals surface area (Å²) in [4.78, 5) is 10.8. The molecule has 0 bridgehead atoms. The van der Waals surface area contributed by atoms with Gasteiger partial charge in [0.2, 0.25) is 0 Å². The van der Waals surface area contributed by atoms with Crippen molar-refractivity contribution in [3.63, 3.8) is 0 Å². The maximum absolute atomic E-state index is 10.8. The first-order valence-electron chi connectivity index (χ1n) is 4.36. The van der Waals surface area contributed by atoms with E-state index in [0.29, 0.717) is 13.0 Å². The molecule has 0 fully saturated rings. The van der Waals surface area contributed by atoms with Gasteiger partial charge in [-0.15, -0.1) is 0 Å². The van der Waals surface area contributed by atoms with E-state index in [1.807, 2.05) is 0 Å². The predicted octanol–water partition coefficient (Wildman–Crippen LogP) is 3.09. The summed E-state index contributed by atoms with van der Waals surface area (Å²) in [7, 11) is 0. The van der Waals surface area contributed by atoms with Gasteiger partial charge >= 0.3 is 57.6 Å². The molecule has 0 unspecified atom stereocenters. The number of hydrogen-bond donors (Lipinski definition) is 0. The summed E-state index contributed by atoms with van der Waals surface area (Å²) in [6.07, 6.45) is 4.82. The summed E-state index contributed by atoms with van der Waals surface area (Å²) in [6, 6.07) is 0. The molecule has 0 aromatic rings. The third kappa shape index (κ3) is 29.3. The van der Waals surface area contributed by atoms with Crippen molar-refractivity contribution in [1.29, 1.82) is 5.26 Å². The Bertz CT molecular complexity index is 168. The van der Waals surface area contributed by atoms with E-state index in [9.17, 15) is 4.79 Å². The van der Waals surface area contributed by atoms with Crippen LogP contribution < -0.4 is 0 Å². The van der Waals surface area contributed by atoms with Crippen LogP contribution in [-0.4, -0.2) is 12.6 Å². The summed E-state index contributed by atoms with van der Waals surface area (Å²) < 4.78 is 4.76. The standard InChI is InChI=1S/C9H15O2.CN.Cu.HI.Zn/c1-3-5-6-7-9(10)11-8-4-2;1-2;;;/h4H,1-3,5-8H2;;;1H;/q2*-1;+1;;+2/p-1. The van der Waals surface area contributed by atoms with Gasteiger partial charge in [0.15, 0.2) is 0 Å². The molecule has 0 saturated heterocycles. The Kier molecular flexibility index (Phi) is 47.0. The van der Waals surface area contributed by atoms with Gasteiger partial charge in [0.25, 0.3) is 0 Å². The molecule has 0 aromatic carbocycles. The van der Waals surface area contributed by atoms with E-state index >= 15 is 0 Å². The zero-order chi connectivity index (χ0) is 12.5. The van der Waals surface area contributed by atoms with Gasteiger partial charge in [0.1, 0.15) is 6.61 Å². The molecule has 0 radical (unpaired) electrons. The predicted molar refractivity (Wildman–Crippen MR) is 64.0 cm³/mol. The Hall–Kier alpha value is 0.573. The van der Waals surface area contributed by atoms with Crippen LogP contribution in [-0.2, 0) is 41.4 Å². The Morgan fingerprint density at radius 3 is 2.38 bits per heavy atom. The molecule has 0 aliphatic rings. The topological polar surface area (TPSA) is 50.1 Å². The van der Waals surface area contributed by atoms with Crippen molar-refractivity contribution in [2.24, 2.45) is 0 Å². The molecule has 0 N–H and O–H groups in total. The van der Waals surface area contributed by atoms with Crippen LogP contribution in [0, 0.1) is 18.8 Å². The van der Waals surface area contributed by atoms with Crippen LogP contribution in [0.3, 0.4) is 0 Å². The van der Waals surface area contributed by atoms with Crippen LogP contribution in [0.4, 0.5) is 0 Å². The van der Waals surface area contributed by atoms with Crippen LogP contribution in [0.25, 0.3) is 0 Å². The first-order chi connectivity index (χ1) is 7.31. The fourth-order valence-electron chi connectivity index (χ4n) is 0.670. The Morgan fingerprint density at radius 1 is 1.50 bits per heavy atom. The molecule has 0 aromatic heterocycles. The number of nitrogens with zero attached hydrogens (tertiary/aromatic N) is 1. The van der Waals surface area contributed by atoms with Crippen molar-refractivity contribution in [1.82, 2.24) is 0 Å². The zero-order valence-electron chi connectivity index (χ0n) is 9.18. The van der Waals surface area contributed by atoms with E-state index in [1.165, 1.54) is 14.8 Å². The van der Waals surface area contributed by atoms with E-state index in [2.05, 4.69) is 33.3 Å². The Morgan fingerprint density at radius 2 is 2.00 bits per heavy atom. The van der Waals surface area contributed by atoms with E-state index in [1.54, 1.807) is 6.08 Å². The van der Waals surface area contributed by atoms with Crippen molar-refractivity contribution in [2.75, 3.05) is 6.61 Å². The number of halogens is 1. The summed E-state index contributed by atoms with van der Waals surface area (Å²) in [6.45, 7) is 12.2. The fraction of sp³-hybridized carbons (Fsp3) is 0.500. The molecule has 0 heterocycles. The molecular weight excluding hydrogens is 422 g/mol. The molecule has 0 aliphatic heterocycles. The van der Waals surface area contributed by atoms with Gasteiger partial charge in [-0.2, -0.15) is 6.42 Å². The second-order valence-electron chi connectivity index (χ2n) is 2.28. The molecule has 0 amide bonds. The quantitative estimate of drug-likeness (QED) is 0.160. The second kappa shape index (κ2) is 29.6. The second-order valence-corrected chi connectivity index (χ2v) is 2.28. The molecular formula is C10H15CuINO2Zn. The first kappa shape index (κ1) is 25.4. The average molecular weight is 437 g/mol. The van der Waals surface area contributed by atoms with Gasteiger partial charge in [-0.25, -0.2) is 0 Å². The van der Waals surface area contributed by atoms with Crippen molar-refractivity contribution in [3.8, 4) is 0 Å². The third-order valence-corrected chi connectivity index (χ3v) is 1.24. The number of carbonyl (C=O) groups excluding carboxylic acids is 1. The van der Waals surface area contributed by atoms with Crippen LogP contribution in [0.5, 0.6) is 0 Å². The van der Waals surface area contributed by atoms with Crippen molar-refractivity contribution < 1.29 is 41.4 Å². The number of unbranched alkanes of at least 4 members (excludes halogenated alkanes) is 2. The van der Waals surface area contributed by atoms with E-state index in [0.717, 1.165) is 19.3 Å². The van der Waals surface area contributed by atoms with E-state index < -0.39 is 0 Å². The summed E-state index contributed by atoms with van der Waals surface area (Å²) in [5, 5.41) is 6.25. The van der Waals surface area contributed by atoms with Gasteiger partial charge in [0.05, 0.1) is 0 Å². The number of ether oxygens (including phenoxy) is 1. The van der Waals surface area contributed by atoms with Crippen molar-refractivity contribution >= 4 is 25.7 Å². The number of carbonyl (C=O) groups is 1. The summed E-state index contributed by atoms with van der Waals surface area (Å²) in [5.41, 5.74) is 0. The zero-order valence-corrected chi connectivity index (χ0v) is 15.2. The Labute approximate surface area is 130 Å². The summed E-state index contributed by atoms with van der Waals surface area (Å²) in [5.74, 6) is -0.140. The van der Waals surface area contributed by atoms with E-state index in [-0.39, 0.29) is 23.0 Å². The molecule has 6 heteroatoms. The molecule has 3 nitrogen and oxygen atoms in total. The van der Waals surface area contributed by atoms with Crippen LogP contribution in [0.1, 0.15) is 25.7 Å². The molecule has 92 valence electrons. The van der Waals surface area contributed by atoms with Crippen molar-refractivity contribution in [3.05, 3.63) is 26.2 Å².